The zero-order valence-corrected chi connectivity index (χ0v) is 20.2. The summed E-state index contributed by atoms with van der Waals surface area (Å²) in [6.07, 6.45) is 17.6. The summed E-state index contributed by atoms with van der Waals surface area (Å²) >= 11 is 0. The van der Waals surface area contributed by atoms with Crippen LogP contribution in [0.25, 0.3) is 0 Å². The summed E-state index contributed by atoms with van der Waals surface area (Å²) in [5.41, 5.74) is 5.63. The van der Waals surface area contributed by atoms with E-state index in [2.05, 4.69) is 86.4 Å². The molecule has 2 aromatic rings. The Balaban J connectivity index is 1.23. The summed E-state index contributed by atoms with van der Waals surface area (Å²) in [5.74, 6) is 9.79. The van der Waals surface area contributed by atoms with Gasteiger partial charge >= 0.3 is 0 Å². The second-order valence-corrected chi connectivity index (χ2v) is 10.1. The third kappa shape index (κ3) is 6.16. The lowest BCUT2D eigenvalue weighted by Gasteiger charge is -2.28. The van der Waals surface area contributed by atoms with Gasteiger partial charge in [-0.3, -0.25) is 0 Å². The van der Waals surface area contributed by atoms with Gasteiger partial charge in [0.25, 0.3) is 0 Å². The minimum Gasteiger partial charge on any atom is -0.0730 e. The van der Waals surface area contributed by atoms with Crippen molar-refractivity contribution in [3.05, 3.63) is 82.9 Å². The minimum absolute atomic E-state index is 0.691. The van der Waals surface area contributed by atoms with Crippen LogP contribution in [0.2, 0.25) is 0 Å². The Morgan fingerprint density at radius 2 is 1.28 bits per heavy atom. The van der Waals surface area contributed by atoms with E-state index in [-0.39, 0.29) is 0 Å². The van der Waals surface area contributed by atoms with Crippen molar-refractivity contribution in [2.45, 2.75) is 89.9 Å². The van der Waals surface area contributed by atoms with E-state index >= 15 is 0 Å². The molecule has 0 heteroatoms. The van der Waals surface area contributed by atoms with E-state index in [0.717, 1.165) is 29.7 Å². The smallest absolute Gasteiger partial charge is 0.0249 e. The van der Waals surface area contributed by atoms with Crippen LogP contribution in [-0.4, -0.2) is 0 Å². The van der Waals surface area contributed by atoms with Crippen molar-refractivity contribution >= 4 is 0 Å². The van der Waals surface area contributed by atoms with Gasteiger partial charge in [0, 0.05) is 5.56 Å². The molecule has 0 aliphatic heterocycles. The van der Waals surface area contributed by atoms with Crippen molar-refractivity contribution in [1.82, 2.24) is 0 Å². The van der Waals surface area contributed by atoms with Crippen LogP contribution in [0.1, 0.15) is 106 Å². The third-order valence-electron chi connectivity index (χ3n) is 8.11. The van der Waals surface area contributed by atoms with Gasteiger partial charge in [0.2, 0.25) is 0 Å². The molecule has 2 aliphatic carbocycles. The number of hydrogen-bond donors (Lipinski definition) is 0. The number of aryl methyl sites for hydroxylation is 1. The van der Waals surface area contributed by atoms with Crippen molar-refractivity contribution in [2.75, 3.05) is 0 Å². The second-order valence-electron chi connectivity index (χ2n) is 10.1. The normalized spacial score (nSPS) is 25.9. The summed E-state index contributed by atoms with van der Waals surface area (Å²) < 4.78 is 0. The first-order chi connectivity index (χ1) is 15.7. The lowest BCUT2D eigenvalue weighted by Crippen LogP contribution is -2.12. The summed E-state index contributed by atoms with van der Waals surface area (Å²) in [7, 11) is 0. The fourth-order valence-electron chi connectivity index (χ4n) is 5.72. The van der Waals surface area contributed by atoms with Crippen LogP contribution in [0, 0.1) is 23.7 Å². The van der Waals surface area contributed by atoms with Crippen molar-refractivity contribution < 1.29 is 0 Å². The van der Waals surface area contributed by atoms with Crippen LogP contribution >= 0.6 is 0 Å². The van der Waals surface area contributed by atoms with E-state index in [9.17, 15) is 0 Å². The molecule has 0 nitrogen and oxygen atoms in total. The molecule has 32 heavy (non-hydrogen) atoms. The maximum Gasteiger partial charge on any atom is 0.0249 e. The molecule has 0 heterocycles. The number of allylic oxidation sites excluding steroid dienone is 2. The van der Waals surface area contributed by atoms with Crippen LogP contribution < -0.4 is 0 Å². The Morgan fingerprint density at radius 1 is 0.719 bits per heavy atom. The molecule has 0 radical (unpaired) electrons. The third-order valence-corrected chi connectivity index (χ3v) is 8.11. The molecule has 2 saturated carbocycles. The molecule has 0 spiro atoms. The fourth-order valence-corrected chi connectivity index (χ4v) is 5.72. The van der Waals surface area contributed by atoms with Crippen LogP contribution in [0.3, 0.4) is 0 Å². The lowest BCUT2D eigenvalue weighted by molar-refractivity contribution is 0.319. The van der Waals surface area contributed by atoms with Gasteiger partial charge in [-0.1, -0.05) is 74.6 Å². The molecular weight excluding hydrogens is 384 g/mol. The predicted octanol–water partition coefficient (Wildman–Crippen LogP) is 8.81. The Morgan fingerprint density at radius 3 is 1.84 bits per heavy atom. The van der Waals surface area contributed by atoms with Crippen LogP contribution in [0.4, 0.5) is 0 Å². The largest absolute Gasteiger partial charge is 0.0730 e. The van der Waals surface area contributed by atoms with Crippen LogP contribution in [-0.2, 0) is 6.42 Å². The molecule has 2 aromatic carbocycles. The van der Waals surface area contributed by atoms with E-state index in [1.165, 1.54) is 74.5 Å². The molecule has 0 bridgehead atoms. The zero-order chi connectivity index (χ0) is 22.2. The van der Waals surface area contributed by atoms with Crippen LogP contribution in [0.15, 0.2) is 60.7 Å². The molecule has 0 amide bonds. The van der Waals surface area contributed by atoms with E-state index in [0.29, 0.717) is 5.92 Å². The topological polar surface area (TPSA) is 0 Å². The van der Waals surface area contributed by atoms with Crippen molar-refractivity contribution in [3.63, 3.8) is 0 Å². The van der Waals surface area contributed by atoms with Gasteiger partial charge in [-0.2, -0.15) is 0 Å². The first kappa shape index (κ1) is 22.9. The molecule has 0 unspecified atom stereocenters. The summed E-state index contributed by atoms with van der Waals surface area (Å²) in [6, 6.07) is 18.4. The molecule has 4 rings (SSSR count). The Kier molecular flexibility index (Phi) is 8.28. The molecular formula is C32H40. The average molecular weight is 425 g/mol. The molecule has 0 atom stereocenters. The number of benzene rings is 2. The maximum absolute atomic E-state index is 3.34. The van der Waals surface area contributed by atoms with Gasteiger partial charge < -0.3 is 0 Å². The summed E-state index contributed by atoms with van der Waals surface area (Å²) in [4.78, 5) is 0. The Bertz CT molecular complexity index is 903. The van der Waals surface area contributed by atoms with Gasteiger partial charge in [0.1, 0.15) is 0 Å². The number of hydrogen-bond acceptors (Lipinski definition) is 0. The molecule has 2 fully saturated rings. The Hall–Kier alpha value is -2.26. The van der Waals surface area contributed by atoms with Gasteiger partial charge in [-0.05, 0) is 116 Å². The summed E-state index contributed by atoms with van der Waals surface area (Å²) in [6.45, 7) is 4.56. The molecule has 2 aliphatic rings. The van der Waals surface area contributed by atoms with Gasteiger partial charge in [0.05, 0.1) is 0 Å². The van der Waals surface area contributed by atoms with Gasteiger partial charge in [0.15, 0.2) is 0 Å². The molecule has 0 N–H and O–H groups in total. The first-order valence-electron chi connectivity index (χ1n) is 13.1. The Labute approximate surface area is 196 Å². The second kappa shape index (κ2) is 11.6. The van der Waals surface area contributed by atoms with E-state index in [1.807, 2.05) is 0 Å². The van der Waals surface area contributed by atoms with Crippen molar-refractivity contribution in [3.8, 4) is 11.8 Å². The highest BCUT2D eigenvalue weighted by Gasteiger charge is 2.21. The van der Waals surface area contributed by atoms with E-state index < -0.39 is 0 Å². The highest BCUT2D eigenvalue weighted by atomic mass is 14.3. The molecule has 0 saturated heterocycles. The highest BCUT2D eigenvalue weighted by Crippen LogP contribution is 2.37. The monoisotopic (exact) mass is 424 g/mol. The summed E-state index contributed by atoms with van der Waals surface area (Å²) in [5, 5.41) is 0. The lowest BCUT2D eigenvalue weighted by atomic mass is 9.78. The quantitative estimate of drug-likeness (QED) is 0.421. The molecule has 0 aromatic heterocycles. The van der Waals surface area contributed by atoms with Crippen LogP contribution in [0.5, 0.6) is 0 Å². The number of rotatable bonds is 5. The van der Waals surface area contributed by atoms with E-state index in [1.54, 1.807) is 0 Å². The standard InChI is InChI=1S/C32H40/c1-3-25-9-17-29(18-10-25)31-21-13-27(14-22-31)7-5-6-8-28-15-23-32(24-16-28)30-19-11-26(4-2)12-20-30/h5,7,9-10,15-18,23-24,26-27,30-31H,3-4,11-14,19-22H2,1-2H3/t26-,27-,30-,31-. The average Bonchev–Trinajstić information content (AvgIpc) is 2.87. The zero-order valence-electron chi connectivity index (χ0n) is 20.2. The van der Waals surface area contributed by atoms with Gasteiger partial charge in [-0.15, -0.1) is 0 Å². The molecule has 168 valence electrons. The maximum atomic E-state index is 3.34. The predicted molar refractivity (Wildman–Crippen MR) is 138 cm³/mol. The van der Waals surface area contributed by atoms with Crippen molar-refractivity contribution in [1.29, 1.82) is 0 Å². The van der Waals surface area contributed by atoms with Gasteiger partial charge in [-0.25, -0.2) is 0 Å². The first-order valence-corrected chi connectivity index (χ1v) is 13.1. The highest BCUT2D eigenvalue weighted by molar-refractivity contribution is 5.39. The van der Waals surface area contributed by atoms with E-state index in [4.69, 9.17) is 0 Å². The van der Waals surface area contributed by atoms with Crippen molar-refractivity contribution in [2.24, 2.45) is 11.8 Å². The fraction of sp³-hybridized carbons (Fsp3) is 0.500. The SMILES string of the molecule is CCc1ccc([C@H]2CC[C@H](C=CC#Cc3ccc([C@H]4CC[C@H](CC)CC4)cc3)CC2)cc1. The minimum atomic E-state index is 0.691.